The standard InChI is InChI=1S/C6H4ClIN2O2/c7-3-1-2-4(8)5(9)6(3)10(11)12/h1-2H,9H2. The molecule has 0 aliphatic heterocycles. The second kappa shape index (κ2) is 3.44. The Hall–Kier alpha value is -0.560. The van der Waals surface area contributed by atoms with Gasteiger partial charge in [0.1, 0.15) is 10.7 Å². The van der Waals surface area contributed by atoms with E-state index in [1.165, 1.54) is 6.07 Å². The third kappa shape index (κ3) is 1.61. The number of nitrogens with two attached hydrogens (primary N) is 1. The topological polar surface area (TPSA) is 69.2 Å². The molecule has 0 unspecified atom stereocenters. The van der Waals surface area contributed by atoms with Gasteiger partial charge < -0.3 is 5.73 Å². The second-order valence-electron chi connectivity index (χ2n) is 2.05. The maximum atomic E-state index is 10.4. The number of nitro groups is 1. The number of halogens is 2. The fourth-order valence-electron chi connectivity index (χ4n) is 0.742. The van der Waals surface area contributed by atoms with Crippen LogP contribution in [-0.2, 0) is 0 Å². The summed E-state index contributed by atoms with van der Waals surface area (Å²) < 4.78 is 0.628. The first-order valence-electron chi connectivity index (χ1n) is 2.92. The van der Waals surface area contributed by atoms with Gasteiger partial charge in [0.05, 0.1) is 4.92 Å². The second-order valence-corrected chi connectivity index (χ2v) is 3.62. The molecule has 0 spiro atoms. The fourth-order valence-corrected chi connectivity index (χ4v) is 1.41. The molecule has 0 aliphatic carbocycles. The molecule has 0 atom stereocenters. The van der Waals surface area contributed by atoms with Gasteiger partial charge in [0.25, 0.3) is 0 Å². The van der Waals surface area contributed by atoms with Crippen LogP contribution in [0.15, 0.2) is 12.1 Å². The largest absolute Gasteiger partial charge is 0.392 e. The van der Waals surface area contributed by atoms with Gasteiger partial charge in [-0.15, -0.1) is 0 Å². The molecule has 0 amide bonds. The molecule has 4 nitrogen and oxygen atoms in total. The van der Waals surface area contributed by atoms with E-state index >= 15 is 0 Å². The Morgan fingerprint density at radius 1 is 1.58 bits per heavy atom. The van der Waals surface area contributed by atoms with Gasteiger partial charge in [-0.2, -0.15) is 0 Å². The molecular weight excluding hydrogens is 294 g/mol. The Kier molecular flexibility index (Phi) is 2.73. The molecule has 2 N–H and O–H groups in total. The van der Waals surface area contributed by atoms with Gasteiger partial charge >= 0.3 is 5.69 Å². The van der Waals surface area contributed by atoms with E-state index in [0.29, 0.717) is 3.57 Å². The van der Waals surface area contributed by atoms with E-state index in [9.17, 15) is 10.1 Å². The van der Waals surface area contributed by atoms with Crippen LogP contribution in [0.25, 0.3) is 0 Å². The van der Waals surface area contributed by atoms with Crippen LogP contribution in [0.3, 0.4) is 0 Å². The number of anilines is 1. The van der Waals surface area contributed by atoms with Crippen molar-refractivity contribution in [2.75, 3.05) is 5.73 Å². The molecule has 12 heavy (non-hydrogen) atoms. The first-order chi connectivity index (χ1) is 5.54. The van der Waals surface area contributed by atoms with Crippen molar-refractivity contribution < 1.29 is 4.92 Å². The van der Waals surface area contributed by atoms with Gasteiger partial charge in [-0.05, 0) is 34.7 Å². The predicted molar refractivity (Wildman–Crippen MR) is 55.2 cm³/mol. The summed E-state index contributed by atoms with van der Waals surface area (Å²) >= 11 is 7.48. The number of hydrogen-bond acceptors (Lipinski definition) is 3. The fraction of sp³-hybridized carbons (Fsp3) is 0. The van der Waals surface area contributed by atoms with Crippen LogP contribution in [0.5, 0.6) is 0 Å². The van der Waals surface area contributed by atoms with E-state index in [4.69, 9.17) is 17.3 Å². The predicted octanol–water partition coefficient (Wildman–Crippen LogP) is 2.44. The van der Waals surface area contributed by atoms with Crippen LogP contribution in [0.4, 0.5) is 11.4 Å². The lowest BCUT2D eigenvalue weighted by Gasteiger charge is -2.00. The highest BCUT2D eigenvalue weighted by atomic mass is 127. The normalized spacial score (nSPS) is 9.83. The number of rotatable bonds is 1. The minimum Gasteiger partial charge on any atom is -0.392 e. The highest BCUT2D eigenvalue weighted by molar-refractivity contribution is 14.1. The van der Waals surface area contributed by atoms with E-state index in [1.807, 2.05) is 22.6 Å². The van der Waals surface area contributed by atoms with E-state index in [1.54, 1.807) is 6.07 Å². The summed E-state index contributed by atoms with van der Waals surface area (Å²) in [6, 6.07) is 3.09. The molecule has 6 heteroatoms. The summed E-state index contributed by atoms with van der Waals surface area (Å²) in [6.45, 7) is 0. The monoisotopic (exact) mass is 298 g/mol. The molecule has 0 saturated carbocycles. The Morgan fingerprint density at radius 2 is 2.17 bits per heavy atom. The van der Waals surface area contributed by atoms with Crippen LogP contribution in [0.2, 0.25) is 5.02 Å². The SMILES string of the molecule is Nc1c(I)ccc(Cl)c1[N+](=O)[O-]. The first kappa shape index (κ1) is 9.53. The van der Waals surface area contributed by atoms with Crippen molar-refractivity contribution in [3.8, 4) is 0 Å². The van der Waals surface area contributed by atoms with Crippen molar-refractivity contribution in [3.05, 3.63) is 30.8 Å². The third-order valence-corrected chi connectivity index (χ3v) is 2.54. The lowest BCUT2D eigenvalue weighted by molar-refractivity contribution is -0.383. The van der Waals surface area contributed by atoms with E-state index in [2.05, 4.69) is 0 Å². The molecule has 0 fully saturated rings. The molecule has 0 aliphatic rings. The first-order valence-corrected chi connectivity index (χ1v) is 4.37. The van der Waals surface area contributed by atoms with Crippen LogP contribution in [0, 0.1) is 13.7 Å². The molecule has 1 rings (SSSR count). The Balaban J connectivity index is 3.43. The van der Waals surface area contributed by atoms with Gasteiger partial charge in [-0.1, -0.05) is 11.6 Å². The Morgan fingerprint density at radius 3 is 2.58 bits per heavy atom. The lowest BCUT2D eigenvalue weighted by atomic mass is 10.3. The number of hydrogen-bond donors (Lipinski definition) is 1. The highest BCUT2D eigenvalue weighted by Gasteiger charge is 2.18. The summed E-state index contributed by atoms with van der Waals surface area (Å²) in [4.78, 5) is 9.85. The summed E-state index contributed by atoms with van der Waals surface area (Å²) in [5.41, 5.74) is 5.35. The van der Waals surface area contributed by atoms with Crippen molar-refractivity contribution >= 4 is 45.6 Å². The molecule has 0 saturated heterocycles. The number of nitrogen functional groups attached to an aromatic ring is 1. The summed E-state index contributed by atoms with van der Waals surface area (Å²) in [6.07, 6.45) is 0. The summed E-state index contributed by atoms with van der Waals surface area (Å²) in [7, 11) is 0. The quantitative estimate of drug-likeness (QED) is 0.375. The number of nitrogens with zero attached hydrogens (tertiary/aromatic N) is 1. The van der Waals surface area contributed by atoms with Crippen LogP contribution >= 0.6 is 34.2 Å². The van der Waals surface area contributed by atoms with Crippen LogP contribution in [-0.4, -0.2) is 4.92 Å². The summed E-state index contributed by atoms with van der Waals surface area (Å²) in [5.74, 6) is 0. The molecule has 0 aromatic heterocycles. The van der Waals surface area contributed by atoms with Gasteiger partial charge in [-0.3, -0.25) is 10.1 Å². The van der Waals surface area contributed by atoms with Crippen molar-refractivity contribution in [3.63, 3.8) is 0 Å². The smallest absolute Gasteiger partial charge is 0.311 e. The van der Waals surface area contributed by atoms with Crippen molar-refractivity contribution in [1.29, 1.82) is 0 Å². The average Bonchev–Trinajstić information content (AvgIpc) is 1.97. The zero-order valence-electron chi connectivity index (χ0n) is 5.75. The third-order valence-electron chi connectivity index (χ3n) is 1.30. The molecule has 0 radical (unpaired) electrons. The van der Waals surface area contributed by atoms with Gasteiger partial charge in [0.2, 0.25) is 0 Å². The van der Waals surface area contributed by atoms with Crippen molar-refractivity contribution in [2.24, 2.45) is 0 Å². The van der Waals surface area contributed by atoms with Gasteiger partial charge in [0.15, 0.2) is 0 Å². The zero-order chi connectivity index (χ0) is 9.30. The van der Waals surface area contributed by atoms with Gasteiger partial charge in [0, 0.05) is 3.57 Å². The molecular formula is C6H4ClIN2O2. The molecule has 0 heterocycles. The van der Waals surface area contributed by atoms with Crippen LogP contribution in [0.1, 0.15) is 0 Å². The lowest BCUT2D eigenvalue weighted by Crippen LogP contribution is -1.98. The minimum absolute atomic E-state index is 0.0675. The Labute approximate surface area is 87.0 Å². The molecule has 0 bridgehead atoms. The average molecular weight is 298 g/mol. The number of nitro benzene ring substituents is 1. The summed E-state index contributed by atoms with van der Waals surface area (Å²) in [5, 5.41) is 10.5. The minimum atomic E-state index is -0.584. The molecule has 1 aromatic rings. The van der Waals surface area contributed by atoms with Gasteiger partial charge in [-0.25, -0.2) is 0 Å². The maximum absolute atomic E-state index is 10.4. The van der Waals surface area contributed by atoms with Crippen molar-refractivity contribution in [1.82, 2.24) is 0 Å². The Bertz CT molecular complexity index is 343. The van der Waals surface area contributed by atoms with E-state index in [0.717, 1.165) is 0 Å². The highest BCUT2D eigenvalue weighted by Crippen LogP contribution is 2.33. The van der Waals surface area contributed by atoms with E-state index in [-0.39, 0.29) is 16.4 Å². The van der Waals surface area contributed by atoms with E-state index < -0.39 is 4.92 Å². The number of benzene rings is 1. The zero-order valence-corrected chi connectivity index (χ0v) is 8.67. The van der Waals surface area contributed by atoms with Crippen LogP contribution < -0.4 is 5.73 Å². The molecule has 1 aromatic carbocycles. The molecule has 64 valence electrons. The maximum Gasteiger partial charge on any atom is 0.311 e. The van der Waals surface area contributed by atoms with Crippen molar-refractivity contribution in [2.45, 2.75) is 0 Å².